The molecular weight excluding hydrogens is 336 g/mol. The van der Waals surface area contributed by atoms with Crippen LogP contribution in [0.25, 0.3) is 5.69 Å². The number of hydrogen-bond donors (Lipinski definition) is 2. The summed E-state index contributed by atoms with van der Waals surface area (Å²) in [5.41, 5.74) is 4.20. The molecule has 1 amide bonds. The number of benzene rings is 3. The Labute approximate surface area is 157 Å². The summed E-state index contributed by atoms with van der Waals surface area (Å²) < 4.78 is 1.94. The summed E-state index contributed by atoms with van der Waals surface area (Å²) in [7, 11) is 0. The van der Waals surface area contributed by atoms with Crippen molar-refractivity contribution in [3.05, 3.63) is 103 Å². The normalized spacial score (nSPS) is 10.4. The van der Waals surface area contributed by atoms with Crippen molar-refractivity contribution in [2.24, 2.45) is 0 Å². The number of nitrogens with zero attached hydrogens (tertiary/aromatic N) is 2. The lowest BCUT2D eigenvalue weighted by atomic mass is 10.1. The van der Waals surface area contributed by atoms with Crippen LogP contribution < -0.4 is 10.6 Å². The Bertz CT molecular complexity index is 1030. The molecule has 0 unspecified atom stereocenters. The molecule has 0 saturated heterocycles. The Hall–Kier alpha value is -3.86. The van der Waals surface area contributed by atoms with Gasteiger partial charge in [0.15, 0.2) is 0 Å². The van der Waals surface area contributed by atoms with Gasteiger partial charge in [-0.05, 0) is 54.6 Å². The molecule has 0 spiro atoms. The van der Waals surface area contributed by atoms with Crippen LogP contribution in [0.15, 0.2) is 97.6 Å². The molecule has 132 valence electrons. The number of amides is 1. The Morgan fingerprint density at radius 2 is 1.59 bits per heavy atom. The van der Waals surface area contributed by atoms with E-state index in [0.29, 0.717) is 5.56 Å². The fraction of sp³-hybridized carbons (Fsp3) is 0. The van der Waals surface area contributed by atoms with E-state index in [-0.39, 0.29) is 5.91 Å². The number of aromatic nitrogens is 2. The standard InChI is InChI=1S/C22H18N4O/c27-22(25-18-6-2-1-3-7-18)17-5-4-8-20(15-17)24-19-9-11-21(12-10-19)26-14-13-23-16-26/h1-16,24H,(H,25,27). The molecule has 0 aliphatic rings. The van der Waals surface area contributed by atoms with Crippen LogP contribution in [0.5, 0.6) is 0 Å². The zero-order valence-electron chi connectivity index (χ0n) is 14.5. The zero-order chi connectivity index (χ0) is 18.5. The van der Waals surface area contributed by atoms with Crippen LogP contribution in [0, 0.1) is 0 Å². The summed E-state index contributed by atoms with van der Waals surface area (Å²) in [4.78, 5) is 16.5. The van der Waals surface area contributed by atoms with Gasteiger partial charge in [-0.3, -0.25) is 4.79 Å². The number of hydrogen-bond acceptors (Lipinski definition) is 3. The Kier molecular flexibility index (Phi) is 4.66. The van der Waals surface area contributed by atoms with E-state index in [1.165, 1.54) is 0 Å². The number of carbonyl (C=O) groups excluding carboxylic acids is 1. The van der Waals surface area contributed by atoms with Gasteiger partial charge in [0.2, 0.25) is 0 Å². The highest BCUT2D eigenvalue weighted by Gasteiger charge is 2.07. The maximum Gasteiger partial charge on any atom is 0.255 e. The maximum absolute atomic E-state index is 12.4. The van der Waals surface area contributed by atoms with Crippen LogP contribution in [0.2, 0.25) is 0 Å². The first-order valence-corrected chi connectivity index (χ1v) is 8.60. The molecule has 0 saturated carbocycles. The Balaban J connectivity index is 1.47. The van der Waals surface area contributed by atoms with E-state index in [9.17, 15) is 4.79 Å². The van der Waals surface area contributed by atoms with Crippen molar-refractivity contribution in [1.29, 1.82) is 0 Å². The molecule has 5 nitrogen and oxygen atoms in total. The van der Waals surface area contributed by atoms with Crippen molar-refractivity contribution in [3.8, 4) is 5.69 Å². The highest BCUT2D eigenvalue weighted by molar-refractivity contribution is 6.04. The van der Waals surface area contributed by atoms with Gasteiger partial charge in [0, 0.05) is 40.7 Å². The number of anilines is 3. The molecule has 27 heavy (non-hydrogen) atoms. The maximum atomic E-state index is 12.4. The molecular formula is C22H18N4O. The quantitative estimate of drug-likeness (QED) is 0.538. The van der Waals surface area contributed by atoms with Gasteiger partial charge in [0.1, 0.15) is 0 Å². The number of nitrogens with one attached hydrogen (secondary N) is 2. The van der Waals surface area contributed by atoms with Crippen molar-refractivity contribution in [3.63, 3.8) is 0 Å². The van der Waals surface area contributed by atoms with Gasteiger partial charge >= 0.3 is 0 Å². The molecule has 4 aromatic rings. The van der Waals surface area contributed by atoms with E-state index in [1.807, 2.05) is 83.6 Å². The minimum atomic E-state index is -0.139. The van der Waals surface area contributed by atoms with E-state index in [1.54, 1.807) is 18.6 Å². The fourth-order valence-corrected chi connectivity index (χ4v) is 2.76. The van der Waals surface area contributed by atoms with Crippen molar-refractivity contribution in [2.75, 3.05) is 10.6 Å². The van der Waals surface area contributed by atoms with Crippen molar-refractivity contribution in [2.45, 2.75) is 0 Å². The summed E-state index contributed by atoms with van der Waals surface area (Å²) >= 11 is 0. The van der Waals surface area contributed by atoms with E-state index < -0.39 is 0 Å². The lowest BCUT2D eigenvalue weighted by molar-refractivity contribution is 0.102. The Morgan fingerprint density at radius 1 is 0.815 bits per heavy atom. The van der Waals surface area contributed by atoms with Gasteiger partial charge in [-0.15, -0.1) is 0 Å². The van der Waals surface area contributed by atoms with Gasteiger partial charge < -0.3 is 15.2 Å². The smallest absolute Gasteiger partial charge is 0.255 e. The third kappa shape index (κ3) is 4.04. The predicted octanol–water partition coefficient (Wildman–Crippen LogP) is 4.87. The summed E-state index contributed by atoms with van der Waals surface area (Å²) in [5, 5.41) is 6.23. The van der Waals surface area contributed by atoms with Gasteiger partial charge in [0.05, 0.1) is 6.33 Å². The van der Waals surface area contributed by atoms with Crippen LogP contribution in [-0.4, -0.2) is 15.5 Å². The van der Waals surface area contributed by atoms with Gasteiger partial charge in [0.25, 0.3) is 5.91 Å². The van der Waals surface area contributed by atoms with Crippen LogP contribution in [0.4, 0.5) is 17.1 Å². The molecule has 1 aromatic heterocycles. The number of para-hydroxylation sites is 1. The van der Waals surface area contributed by atoms with E-state index in [4.69, 9.17) is 0 Å². The molecule has 4 rings (SSSR count). The number of rotatable bonds is 5. The SMILES string of the molecule is O=C(Nc1ccccc1)c1cccc(Nc2ccc(-n3ccnc3)cc2)c1. The monoisotopic (exact) mass is 354 g/mol. The fourth-order valence-electron chi connectivity index (χ4n) is 2.76. The molecule has 0 fully saturated rings. The second-order valence-corrected chi connectivity index (χ2v) is 6.04. The second-order valence-electron chi connectivity index (χ2n) is 6.04. The number of imidazole rings is 1. The summed E-state index contributed by atoms with van der Waals surface area (Å²) in [6.07, 6.45) is 5.41. The molecule has 2 N–H and O–H groups in total. The topological polar surface area (TPSA) is 59.0 Å². The highest BCUT2D eigenvalue weighted by Crippen LogP contribution is 2.20. The van der Waals surface area contributed by atoms with Crippen LogP contribution >= 0.6 is 0 Å². The molecule has 0 bridgehead atoms. The zero-order valence-corrected chi connectivity index (χ0v) is 14.5. The predicted molar refractivity (Wildman–Crippen MR) is 108 cm³/mol. The molecule has 0 aliphatic carbocycles. The average molecular weight is 354 g/mol. The minimum absolute atomic E-state index is 0.139. The largest absolute Gasteiger partial charge is 0.356 e. The summed E-state index contributed by atoms with van der Waals surface area (Å²) in [5.74, 6) is -0.139. The third-order valence-corrected chi connectivity index (χ3v) is 4.11. The lowest BCUT2D eigenvalue weighted by Gasteiger charge is -2.10. The molecule has 0 aliphatic heterocycles. The molecule has 3 aromatic carbocycles. The molecule has 0 atom stereocenters. The molecule has 0 radical (unpaired) electrons. The highest BCUT2D eigenvalue weighted by atomic mass is 16.1. The molecule has 1 heterocycles. The summed E-state index contributed by atoms with van der Waals surface area (Å²) in [6.45, 7) is 0. The lowest BCUT2D eigenvalue weighted by Crippen LogP contribution is -2.11. The van der Waals surface area contributed by atoms with Gasteiger partial charge in [-0.25, -0.2) is 4.98 Å². The molecule has 5 heteroatoms. The minimum Gasteiger partial charge on any atom is -0.356 e. The van der Waals surface area contributed by atoms with E-state index in [2.05, 4.69) is 15.6 Å². The van der Waals surface area contributed by atoms with Crippen LogP contribution in [0.3, 0.4) is 0 Å². The third-order valence-electron chi connectivity index (χ3n) is 4.11. The van der Waals surface area contributed by atoms with Gasteiger partial charge in [-0.1, -0.05) is 24.3 Å². The number of carbonyl (C=O) groups is 1. The van der Waals surface area contributed by atoms with E-state index >= 15 is 0 Å². The van der Waals surface area contributed by atoms with Crippen molar-refractivity contribution < 1.29 is 4.79 Å². The average Bonchev–Trinajstić information content (AvgIpc) is 3.24. The first-order valence-electron chi connectivity index (χ1n) is 8.60. The van der Waals surface area contributed by atoms with Crippen molar-refractivity contribution in [1.82, 2.24) is 9.55 Å². The van der Waals surface area contributed by atoms with Gasteiger partial charge in [-0.2, -0.15) is 0 Å². The van der Waals surface area contributed by atoms with Crippen LogP contribution in [-0.2, 0) is 0 Å². The first-order chi connectivity index (χ1) is 13.3. The van der Waals surface area contributed by atoms with Crippen LogP contribution in [0.1, 0.15) is 10.4 Å². The second kappa shape index (κ2) is 7.58. The summed E-state index contributed by atoms with van der Waals surface area (Å²) in [6, 6.07) is 24.9. The van der Waals surface area contributed by atoms with Crippen molar-refractivity contribution >= 4 is 23.0 Å². The first kappa shape index (κ1) is 16.6. The van der Waals surface area contributed by atoms with E-state index in [0.717, 1.165) is 22.7 Å². The Morgan fingerprint density at radius 3 is 2.33 bits per heavy atom.